The maximum absolute atomic E-state index is 5.32. The number of nitrogens with zero attached hydrogens (tertiary/aromatic N) is 1. The van der Waals surface area contributed by atoms with Crippen LogP contribution in [0, 0.1) is 5.92 Å². The van der Waals surface area contributed by atoms with Gasteiger partial charge in [-0.1, -0.05) is 25.5 Å². The summed E-state index contributed by atoms with van der Waals surface area (Å²) < 4.78 is 5.32. The first kappa shape index (κ1) is 15.0. The van der Waals surface area contributed by atoms with E-state index in [1.807, 2.05) is 13.1 Å². The topological polar surface area (TPSA) is 24.5 Å². The van der Waals surface area contributed by atoms with Crippen LogP contribution in [-0.2, 0) is 0 Å². The lowest BCUT2D eigenvalue weighted by Gasteiger charge is -2.32. The van der Waals surface area contributed by atoms with Gasteiger partial charge < -0.3 is 15.0 Å². The molecule has 0 heterocycles. The van der Waals surface area contributed by atoms with Crippen molar-refractivity contribution in [3.63, 3.8) is 0 Å². The van der Waals surface area contributed by atoms with Crippen LogP contribution in [0.25, 0.3) is 0 Å². The van der Waals surface area contributed by atoms with Gasteiger partial charge in [0, 0.05) is 6.04 Å². The average molecular weight is 250 g/mol. The molecule has 0 aliphatic heterocycles. The van der Waals surface area contributed by atoms with E-state index in [9.17, 15) is 0 Å². The minimum atomic E-state index is 0.414. The summed E-state index contributed by atoms with van der Waals surface area (Å²) in [5.74, 6) is 1.52. The van der Waals surface area contributed by atoms with Crippen molar-refractivity contribution in [2.45, 2.75) is 19.4 Å². The van der Waals surface area contributed by atoms with Gasteiger partial charge >= 0.3 is 0 Å². The van der Waals surface area contributed by atoms with Crippen molar-refractivity contribution in [2.75, 3.05) is 34.8 Å². The fourth-order valence-electron chi connectivity index (χ4n) is 2.56. The van der Waals surface area contributed by atoms with E-state index in [0.717, 1.165) is 18.7 Å². The predicted molar refractivity (Wildman–Crippen MR) is 77.1 cm³/mol. The van der Waals surface area contributed by atoms with Crippen LogP contribution in [0.1, 0.15) is 24.9 Å². The molecular formula is C15H26N2O. The van der Waals surface area contributed by atoms with Crippen molar-refractivity contribution in [3.05, 3.63) is 29.8 Å². The Balaban J connectivity index is 3.02. The molecule has 1 N–H and O–H groups in total. The number of rotatable bonds is 7. The number of nitrogens with one attached hydrogen (secondary N) is 1. The van der Waals surface area contributed by atoms with Crippen LogP contribution in [0.3, 0.4) is 0 Å². The van der Waals surface area contributed by atoms with E-state index in [2.05, 4.69) is 49.4 Å². The fourth-order valence-corrected chi connectivity index (χ4v) is 2.56. The molecule has 3 nitrogen and oxygen atoms in total. The molecule has 3 heteroatoms. The zero-order valence-corrected chi connectivity index (χ0v) is 12.2. The first-order chi connectivity index (χ1) is 8.63. The summed E-state index contributed by atoms with van der Waals surface area (Å²) in [5, 5.41) is 3.29. The molecule has 0 spiro atoms. The third kappa shape index (κ3) is 3.72. The van der Waals surface area contributed by atoms with E-state index in [4.69, 9.17) is 4.74 Å². The molecule has 1 rings (SSSR count). The van der Waals surface area contributed by atoms with Crippen molar-refractivity contribution in [2.24, 2.45) is 5.92 Å². The van der Waals surface area contributed by atoms with Crippen molar-refractivity contribution >= 4 is 0 Å². The number of benzene rings is 1. The Bertz CT molecular complexity index is 352. The van der Waals surface area contributed by atoms with Gasteiger partial charge in [-0.05, 0) is 51.3 Å². The Hall–Kier alpha value is -1.06. The molecule has 1 aromatic carbocycles. The lowest BCUT2D eigenvalue weighted by Crippen LogP contribution is -2.32. The van der Waals surface area contributed by atoms with Crippen LogP contribution >= 0.6 is 0 Å². The van der Waals surface area contributed by atoms with Crippen LogP contribution < -0.4 is 10.1 Å². The summed E-state index contributed by atoms with van der Waals surface area (Å²) in [6.45, 7) is 3.27. The van der Waals surface area contributed by atoms with Gasteiger partial charge in [0.2, 0.25) is 0 Å². The fraction of sp³-hybridized carbons (Fsp3) is 0.600. The van der Waals surface area contributed by atoms with Gasteiger partial charge in [-0.25, -0.2) is 0 Å². The molecule has 0 amide bonds. The summed E-state index contributed by atoms with van der Waals surface area (Å²) in [6.07, 6.45) is 1.15. The third-order valence-corrected chi connectivity index (χ3v) is 3.43. The first-order valence-corrected chi connectivity index (χ1v) is 6.59. The molecule has 0 radical (unpaired) electrons. The van der Waals surface area contributed by atoms with Crippen molar-refractivity contribution < 1.29 is 4.74 Å². The highest BCUT2D eigenvalue weighted by atomic mass is 16.5. The van der Waals surface area contributed by atoms with Crippen molar-refractivity contribution in [3.8, 4) is 5.75 Å². The molecule has 2 unspecified atom stereocenters. The SMILES string of the molecule is CCC(CNC)C(c1cccc(OC)c1)N(C)C. The van der Waals surface area contributed by atoms with Crippen molar-refractivity contribution in [1.29, 1.82) is 0 Å². The molecule has 1 aromatic rings. The highest BCUT2D eigenvalue weighted by molar-refractivity contribution is 5.31. The van der Waals surface area contributed by atoms with Crippen LogP contribution in [0.15, 0.2) is 24.3 Å². The van der Waals surface area contributed by atoms with Crippen LogP contribution in [0.2, 0.25) is 0 Å². The Labute approximate surface area is 111 Å². The van der Waals surface area contributed by atoms with E-state index < -0.39 is 0 Å². The zero-order chi connectivity index (χ0) is 13.5. The summed E-state index contributed by atoms with van der Waals surface area (Å²) >= 11 is 0. The molecule has 0 saturated carbocycles. The van der Waals surface area contributed by atoms with Gasteiger partial charge in [-0.15, -0.1) is 0 Å². The largest absolute Gasteiger partial charge is 0.497 e. The third-order valence-electron chi connectivity index (χ3n) is 3.43. The van der Waals surface area contributed by atoms with Gasteiger partial charge in [0.25, 0.3) is 0 Å². The Morgan fingerprint density at radius 3 is 2.56 bits per heavy atom. The molecule has 0 aromatic heterocycles. The van der Waals surface area contributed by atoms with Gasteiger partial charge in [0.15, 0.2) is 0 Å². The maximum Gasteiger partial charge on any atom is 0.119 e. The number of methoxy groups -OCH3 is 1. The zero-order valence-electron chi connectivity index (χ0n) is 12.2. The van der Waals surface area contributed by atoms with E-state index in [0.29, 0.717) is 12.0 Å². The monoisotopic (exact) mass is 250 g/mol. The average Bonchev–Trinajstić information content (AvgIpc) is 2.38. The van der Waals surface area contributed by atoms with Crippen LogP contribution in [0.4, 0.5) is 0 Å². The minimum Gasteiger partial charge on any atom is -0.497 e. The summed E-state index contributed by atoms with van der Waals surface area (Å²) in [5.41, 5.74) is 1.32. The smallest absolute Gasteiger partial charge is 0.119 e. The molecule has 2 atom stereocenters. The van der Waals surface area contributed by atoms with E-state index in [1.165, 1.54) is 5.56 Å². The van der Waals surface area contributed by atoms with E-state index in [1.54, 1.807) is 7.11 Å². The maximum atomic E-state index is 5.32. The second-order valence-electron chi connectivity index (χ2n) is 4.91. The first-order valence-electron chi connectivity index (χ1n) is 6.59. The molecule has 102 valence electrons. The summed E-state index contributed by atoms with van der Waals surface area (Å²) in [6, 6.07) is 8.80. The molecule has 0 aliphatic rings. The molecule has 0 aliphatic carbocycles. The van der Waals surface area contributed by atoms with Gasteiger partial charge in [-0.2, -0.15) is 0 Å². The minimum absolute atomic E-state index is 0.414. The number of ether oxygens (including phenoxy) is 1. The number of hydrogen-bond acceptors (Lipinski definition) is 3. The Morgan fingerprint density at radius 2 is 2.06 bits per heavy atom. The molecule has 18 heavy (non-hydrogen) atoms. The quantitative estimate of drug-likeness (QED) is 0.805. The molecule has 0 fully saturated rings. The normalized spacial score (nSPS) is 14.6. The Kier molecular flexibility index (Phi) is 6.16. The van der Waals surface area contributed by atoms with E-state index in [-0.39, 0.29) is 0 Å². The lowest BCUT2D eigenvalue weighted by atomic mass is 9.90. The van der Waals surface area contributed by atoms with Gasteiger partial charge in [0.1, 0.15) is 5.75 Å². The highest BCUT2D eigenvalue weighted by Gasteiger charge is 2.23. The van der Waals surface area contributed by atoms with Crippen LogP contribution in [0.5, 0.6) is 5.75 Å². The van der Waals surface area contributed by atoms with Gasteiger partial charge in [0.05, 0.1) is 7.11 Å². The Morgan fingerprint density at radius 1 is 1.33 bits per heavy atom. The lowest BCUT2D eigenvalue weighted by molar-refractivity contribution is 0.204. The molecular weight excluding hydrogens is 224 g/mol. The van der Waals surface area contributed by atoms with Crippen molar-refractivity contribution in [1.82, 2.24) is 10.2 Å². The number of hydrogen-bond donors (Lipinski definition) is 1. The van der Waals surface area contributed by atoms with Crippen LogP contribution in [-0.4, -0.2) is 39.7 Å². The van der Waals surface area contributed by atoms with Gasteiger partial charge in [-0.3, -0.25) is 0 Å². The standard InChI is InChI=1S/C15H26N2O/c1-6-12(11-16-2)15(17(3)4)13-8-7-9-14(10-13)18-5/h7-10,12,15-16H,6,11H2,1-5H3. The predicted octanol–water partition coefficient (Wildman–Crippen LogP) is 2.54. The second-order valence-corrected chi connectivity index (χ2v) is 4.91. The highest BCUT2D eigenvalue weighted by Crippen LogP contribution is 2.30. The van der Waals surface area contributed by atoms with E-state index >= 15 is 0 Å². The molecule has 0 saturated heterocycles. The summed E-state index contributed by atoms with van der Waals surface area (Å²) in [4.78, 5) is 2.29. The summed E-state index contributed by atoms with van der Waals surface area (Å²) in [7, 11) is 8.01. The second kappa shape index (κ2) is 7.39. The molecule has 0 bridgehead atoms.